The topological polar surface area (TPSA) is 46.3 Å². The van der Waals surface area contributed by atoms with Crippen molar-refractivity contribution in [2.24, 2.45) is 5.73 Å². The first-order valence-electron chi connectivity index (χ1n) is 8.41. The summed E-state index contributed by atoms with van der Waals surface area (Å²) in [5, 5.41) is 2.02. The summed E-state index contributed by atoms with van der Waals surface area (Å²) in [6.45, 7) is 0. The Morgan fingerprint density at radius 2 is 1.67 bits per heavy atom. The molecular weight excluding hydrogens is 346 g/mol. The van der Waals surface area contributed by atoms with Gasteiger partial charge in [-0.15, -0.1) is 0 Å². The van der Waals surface area contributed by atoms with Crippen LogP contribution in [0.1, 0.15) is 11.1 Å². The second-order valence-electron chi connectivity index (χ2n) is 6.35. The van der Waals surface area contributed by atoms with E-state index in [0.29, 0.717) is 5.70 Å². The van der Waals surface area contributed by atoms with Crippen molar-refractivity contribution in [1.82, 2.24) is 4.90 Å². The van der Waals surface area contributed by atoms with Crippen molar-refractivity contribution < 1.29 is 13.6 Å². The predicted molar refractivity (Wildman–Crippen MR) is 102 cm³/mol. The first kappa shape index (κ1) is 17.0. The quantitative estimate of drug-likeness (QED) is 0.692. The van der Waals surface area contributed by atoms with Crippen molar-refractivity contribution in [3.63, 3.8) is 0 Å². The molecule has 4 rings (SSSR count). The molecule has 5 heteroatoms. The summed E-state index contributed by atoms with van der Waals surface area (Å²) in [4.78, 5) is 14.5. The van der Waals surface area contributed by atoms with Crippen LogP contribution in [-0.4, -0.2) is 17.7 Å². The second kappa shape index (κ2) is 6.36. The number of halogens is 2. The third-order valence-electron chi connectivity index (χ3n) is 4.78. The number of nitrogens with zero attached hydrogens (tertiary/aromatic N) is 1. The zero-order valence-corrected chi connectivity index (χ0v) is 14.5. The minimum absolute atomic E-state index is 0.0269. The molecule has 1 heterocycles. The number of ketones is 1. The fraction of sp³-hybridized carbons (Fsp3) is 0.0455. The third kappa shape index (κ3) is 2.68. The Morgan fingerprint density at radius 1 is 0.963 bits per heavy atom. The maximum absolute atomic E-state index is 14.2. The monoisotopic (exact) mass is 362 g/mol. The first-order chi connectivity index (χ1) is 13.0. The minimum atomic E-state index is -1.08. The van der Waals surface area contributed by atoms with Crippen LogP contribution in [-0.2, 0) is 4.79 Å². The summed E-state index contributed by atoms with van der Waals surface area (Å²) in [5.41, 5.74) is 7.07. The summed E-state index contributed by atoms with van der Waals surface area (Å²) in [6, 6.07) is 17.3. The van der Waals surface area contributed by atoms with Gasteiger partial charge in [0.15, 0.2) is 11.6 Å². The summed E-state index contributed by atoms with van der Waals surface area (Å²) in [7, 11) is 1.63. The standard InChI is InChI=1S/C22H16F2N2O/c1-26-18(12-14-8-4-7-13-6-2-3-9-15(13)14)21(27)19(22(26)25)16-10-5-11-17(23)20(16)24/h2-12H,25H2,1H3. The Kier molecular flexibility index (Phi) is 4.00. The highest BCUT2D eigenvalue weighted by molar-refractivity contribution is 6.32. The number of carbonyl (C=O) groups is 1. The van der Waals surface area contributed by atoms with Crippen molar-refractivity contribution in [3.8, 4) is 0 Å². The highest BCUT2D eigenvalue weighted by Gasteiger charge is 2.34. The van der Waals surface area contributed by atoms with Crippen LogP contribution in [0.25, 0.3) is 22.4 Å². The van der Waals surface area contributed by atoms with E-state index in [1.165, 1.54) is 17.0 Å². The van der Waals surface area contributed by atoms with Gasteiger partial charge in [0.2, 0.25) is 5.78 Å². The second-order valence-corrected chi connectivity index (χ2v) is 6.35. The van der Waals surface area contributed by atoms with Crippen molar-refractivity contribution >= 4 is 28.2 Å². The van der Waals surface area contributed by atoms with Crippen LogP contribution in [0.15, 0.2) is 72.2 Å². The molecule has 134 valence electrons. The highest BCUT2D eigenvalue weighted by Crippen LogP contribution is 2.35. The molecule has 0 atom stereocenters. The third-order valence-corrected chi connectivity index (χ3v) is 4.78. The normalized spacial score (nSPS) is 16.0. The van der Waals surface area contributed by atoms with E-state index >= 15 is 0 Å². The van der Waals surface area contributed by atoms with Crippen molar-refractivity contribution in [2.45, 2.75) is 0 Å². The van der Waals surface area contributed by atoms with Crippen LogP contribution in [0.2, 0.25) is 0 Å². The van der Waals surface area contributed by atoms with Gasteiger partial charge in [0.05, 0.1) is 11.3 Å². The number of allylic oxidation sites excluding steroid dienone is 1. The molecule has 2 N–H and O–H groups in total. The molecule has 0 fully saturated rings. The molecule has 0 saturated carbocycles. The van der Waals surface area contributed by atoms with Gasteiger partial charge in [-0.2, -0.15) is 0 Å². The molecule has 0 radical (unpaired) electrons. The Labute approximate surface area is 155 Å². The van der Waals surface area contributed by atoms with Gasteiger partial charge >= 0.3 is 0 Å². The van der Waals surface area contributed by atoms with Gasteiger partial charge in [-0.1, -0.05) is 54.6 Å². The van der Waals surface area contributed by atoms with E-state index in [2.05, 4.69) is 0 Å². The molecule has 0 spiro atoms. The number of fused-ring (bicyclic) bond motifs is 1. The first-order valence-corrected chi connectivity index (χ1v) is 8.41. The lowest BCUT2D eigenvalue weighted by molar-refractivity contribution is -0.110. The van der Waals surface area contributed by atoms with E-state index in [1.54, 1.807) is 13.1 Å². The lowest BCUT2D eigenvalue weighted by Gasteiger charge is -2.14. The van der Waals surface area contributed by atoms with Crippen LogP contribution >= 0.6 is 0 Å². The van der Waals surface area contributed by atoms with Crippen LogP contribution in [0.5, 0.6) is 0 Å². The van der Waals surface area contributed by atoms with Gasteiger partial charge in [-0.3, -0.25) is 4.79 Å². The molecule has 0 aliphatic carbocycles. The summed E-state index contributed by atoms with van der Waals surface area (Å²) >= 11 is 0. The number of hydrogen-bond donors (Lipinski definition) is 1. The van der Waals surface area contributed by atoms with Crippen LogP contribution in [0.4, 0.5) is 8.78 Å². The summed E-state index contributed by atoms with van der Waals surface area (Å²) < 4.78 is 27.9. The average molecular weight is 362 g/mol. The maximum Gasteiger partial charge on any atom is 0.213 e. The largest absolute Gasteiger partial charge is 0.384 e. The Balaban J connectivity index is 1.84. The predicted octanol–water partition coefficient (Wildman–Crippen LogP) is 4.30. The number of rotatable bonds is 2. The molecule has 1 aliphatic heterocycles. The van der Waals surface area contributed by atoms with Crippen LogP contribution in [0, 0.1) is 11.6 Å². The van der Waals surface area contributed by atoms with Crippen molar-refractivity contribution in [3.05, 3.63) is 94.9 Å². The smallest absolute Gasteiger partial charge is 0.213 e. The summed E-state index contributed by atoms with van der Waals surface area (Å²) in [5.74, 6) is -2.44. The Hall–Kier alpha value is -3.47. The van der Waals surface area contributed by atoms with Gasteiger partial charge in [-0.05, 0) is 28.5 Å². The number of carbonyl (C=O) groups excluding carboxylic acids is 1. The van der Waals surface area contributed by atoms with Crippen molar-refractivity contribution in [2.75, 3.05) is 7.05 Å². The van der Waals surface area contributed by atoms with Gasteiger partial charge in [-0.25, -0.2) is 8.78 Å². The minimum Gasteiger partial charge on any atom is -0.384 e. The number of benzene rings is 3. The summed E-state index contributed by atoms with van der Waals surface area (Å²) in [6.07, 6.45) is 1.72. The molecular formula is C22H16F2N2O. The number of likely N-dealkylation sites (N-methyl/N-ethyl adjacent to an activating group) is 1. The molecule has 3 aromatic carbocycles. The van der Waals surface area contributed by atoms with Crippen LogP contribution in [0.3, 0.4) is 0 Å². The van der Waals surface area contributed by atoms with E-state index in [0.717, 1.165) is 22.4 Å². The lowest BCUT2D eigenvalue weighted by atomic mass is 9.99. The fourth-order valence-corrected chi connectivity index (χ4v) is 3.34. The van der Waals surface area contributed by atoms with Crippen molar-refractivity contribution in [1.29, 1.82) is 0 Å². The highest BCUT2D eigenvalue weighted by atomic mass is 19.2. The van der Waals surface area contributed by atoms with Crippen LogP contribution < -0.4 is 5.73 Å². The molecule has 27 heavy (non-hydrogen) atoms. The average Bonchev–Trinajstić information content (AvgIpc) is 2.88. The fourth-order valence-electron chi connectivity index (χ4n) is 3.34. The zero-order chi connectivity index (χ0) is 19.1. The SMILES string of the molecule is CN1C(=Cc2cccc3ccccc23)C(=O)C(c2cccc(F)c2F)=C1N. The van der Waals surface area contributed by atoms with Gasteiger partial charge < -0.3 is 10.6 Å². The maximum atomic E-state index is 14.2. The lowest BCUT2D eigenvalue weighted by Crippen LogP contribution is -2.19. The molecule has 3 aromatic rings. The van der Waals surface area contributed by atoms with Gasteiger partial charge in [0.1, 0.15) is 5.82 Å². The Morgan fingerprint density at radius 3 is 2.48 bits per heavy atom. The molecule has 0 unspecified atom stereocenters. The molecule has 0 aromatic heterocycles. The number of nitrogens with two attached hydrogens (primary N) is 1. The van der Waals surface area contributed by atoms with Gasteiger partial charge in [0.25, 0.3) is 0 Å². The van der Waals surface area contributed by atoms with E-state index in [9.17, 15) is 13.6 Å². The van der Waals surface area contributed by atoms with E-state index in [4.69, 9.17) is 5.73 Å². The molecule has 1 aliphatic rings. The molecule has 0 saturated heterocycles. The number of Topliss-reactive ketones (excluding diaryl/α,β-unsaturated/α-hetero) is 1. The van der Waals surface area contributed by atoms with Gasteiger partial charge in [0, 0.05) is 12.6 Å². The van der Waals surface area contributed by atoms with E-state index in [1.807, 2.05) is 42.5 Å². The Bertz CT molecular complexity index is 1140. The molecule has 3 nitrogen and oxygen atoms in total. The molecule has 0 bridgehead atoms. The van der Waals surface area contributed by atoms with E-state index < -0.39 is 17.4 Å². The molecule has 0 amide bonds. The zero-order valence-electron chi connectivity index (χ0n) is 14.5. The number of hydrogen-bond acceptors (Lipinski definition) is 3. The van der Waals surface area contributed by atoms with E-state index in [-0.39, 0.29) is 17.0 Å².